The summed E-state index contributed by atoms with van der Waals surface area (Å²) >= 11 is 1.34. The van der Waals surface area contributed by atoms with Crippen LogP contribution in [0, 0.1) is 6.92 Å². The van der Waals surface area contributed by atoms with Gasteiger partial charge in [-0.3, -0.25) is 4.57 Å². The Labute approximate surface area is 168 Å². The van der Waals surface area contributed by atoms with Crippen LogP contribution in [0.25, 0.3) is 11.4 Å². The standard InChI is InChI=1S/C19H21N3O4S2/c1-4-9-22-18(17-8-10-26-14(17)2)20-21-19(22)27-11-12-28(23,24)16-7-5-6-15(13-16)25-3/h4-8,10,13H,1,9,11-12H2,2-3H3. The van der Waals surface area contributed by atoms with E-state index in [4.69, 9.17) is 9.15 Å². The molecule has 28 heavy (non-hydrogen) atoms. The van der Waals surface area contributed by atoms with E-state index in [-0.39, 0.29) is 10.6 Å². The van der Waals surface area contributed by atoms with Gasteiger partial charge in [-0.05, 0) is 31.2 Å². The number of methoxy groups -OCH3 is 1. The highest BCUT2D eigenvalue weighted by atomic mass is 32.2. The molecule has 0 N–H and O–H groups in total. The molecule has 1 aromatic carbocycles. The van der Waals surface area contributed by atoms with Crippen molar-refractivity contribution in [1.29, 1.82) is 0 Å². The molecule has 0 saturated heterocycles. The number of hydrogen-bond donors (Lipinski definition) is 0. The summed E-state index contributed by atoms with van der Waals surface area (Å²) in [5, 5.41) is 9.11. The molecule has 7 nitrogen and oxygen atoms in total. The molecular weight excluding hydrogens is 398 g/mol. The number of thioether (sulfide) groups is 1. The first-order valence-electron chi connectivity index (χ1n) is 8.54. The van der Waals surface area contributed by atoms with E-state index in [9.17, 15) is 8.42 Å². The molecular formula is C19H21N3O4S2. The van der Waals surface area contributed by atoms with Crippen LogP contribution in [0.3, 0.4) is 0 Å². The average Bonchev–Trinajstić information content (AvgIpc) is 3.28. The zero-order chi connectivity index (χ0) is 20.1. The summed E-state index contributed by atoms with van der Waals surface area (Å²) in [6, 6.07) is 8.31. The van der Waals surface area contributed by atoms with Crippen molar-refractivity contribution >= 4 is 21.6 Å². The topological polar surface area (TPSA) is 87.2 Å². The Morgan fingerprint density at radius 2 is 2.14 bits per heavy atom. The van der Waals surface area contributed by atoms with Gasteiger partial charge < -0.3 is 9.15 Å². The number of furan rings is 1. The quantitative estimate of drug-likeness (QED) is 0.387. The van der Waals surface area contributed by atoms with Crippen LogP contribution in [-0.2, 0) is 16.4 Å². The average molecular weight is 420 g/mol. The first-order chi connectivity index (χ1) is 13.5. The number of ether oxygens (including phenoxy) is 1. The highest BCUT2D eigenvalue weighted by Crippen LogP contribution is 2.27. The molecule has 0 spiro atoms. The van der Waals surface area contributed by atoms with Crippen LogP contribution in [0.5, 0.6) is 5.75 Å². The first kappa shape index (κ1) is 20.2. The highest BCUT2D eigenvalue weighted by molar-refractivity contribution is 8.00. The molecule has 0 radical (unpaired) electrons. The van der Waals surface area contributed by atoms with Crippen molar-refractivity contribution in [3.63, 3.8) is 0 Å². The third kappa shape index (κ3) is 4.31. The van der Waals surface area contributed by atoms with Crippen LogP contribution >= 0.6 is 11.8 Å². The maximum atomic E-state index is 12.6. The van der Waals surface area contributed by atoms with Gasteiger partial charge in [-0.15, -0.1) is 16.8 Å². The smallest absolute Gasteiger partial charge is 0.191 e. The summed E-state index contributed by atoms with van der Waals surface area (Å²) in [5.41, 5.74) is 0.852. The number of benzene rings is 1. The van der Waals surface area contributed by atoms with Crippen molar-refractivity contribution in [1.82, 2.24) is 14.8 Å². The van der Waals surface area contributed by atoms with Crippen molar-refractivity contribution in [2.24, 2.45) is 0 Å². The Morgan fingerprint density at radius 1 is 1.32 bits per heavy atom. The predicted octanol–water partition coefficient (Wildman–Crippen LogP) is 3.61. The number of aromatic nitrogens is 3. The van der Waals surface area contributed by atoms with Gasteiger partial charge in [0, 0.05) is 12.3 Å². The molecule has 3 aromatic rings. The van der Waals surface area contributed by atoms with Crippen molar-refractivity contribution in [3.8, 4) is 17.1 Å². The van der Waals surface area contributed by atoms with Crippen LogP contribution < -0.4 is 4.74 Å². The highest BCUT2D eigenvalue weighted by Gasteiger charge is 2.19. The largest absolute Gasteiger partial charge is 0.497 e. The zero-order valence-electron chi connectivity index (χ0n) is 15.7. The molecule has 0 amide bonds. The van der Waals surface area contributed by atoms with Gasteiger partial charge in [-0.25, -0.2) is 8.42 Å². The summed E-state index contributed by atoms with van der Waals surface area (Å²) in [5.74, 6) is 2.25. The van der Waals surface area contributed by atoms with Crippen molar-refractivity contribution in [2.45, 2.75) is 23.5 Å². The normalized spacial score (nSPS) is 11.5. The fourth-order valence-electron chi connectivity index (χ4n) is 2.66. The van der Waals surface area contributed by atoms with Gasteiger partial charge in [0.05, 0.1) is 29.6 Å². The molecule has 2 aromatic heterocycles. The Morgan fingerprint density at radius 3 is 2.82 bits per heavy atom. The van der Waals surface area contributed by atoms with Gasteiger partial charge in [0.1, 0.15) is 11.5 Å². The number of allylic oxidation sites excluding steroid dienone is 1. The fourth-order valence-corrected chi connectivity index (χ4v) is 5.29. The van der Waals surface area contributed by atoms with Crippen LogP contribution in [0.1, 0.15) is 5.76 Å². The molecule has 0 bridgehead atoms. The minimum Gasteiger partial charge on any atom is -0.497 e. The Bertz CT molecular complexity index is 1070. The van der Waals surface area contributed by atoms with Crippen molar-refractivity contribution in [3.05, 3.63) is 55.0 Å². The lowest BCUT2D eigenvalue weighted by molar-refractivity contribution is 0.413. The Kier molecular flexibility index (Phi) is 6.25. The number of rotatable bonds is 9. The summed E-state index contributed by atoms with van der Waals surface area (Å²) in [4.78, 5) is 0.245. The SMILES string of the molecule is C=CCn1c(SCCS(=O)(=O)c2cccc(OC)c2)nnc1-c1ccoc1C. The zero-order valence-corrected chi connectivity index (χ0v) is 17.3. The van der Waals surface area contributed by atoms with E-state index in [0.29, 0.717) is 29.0 Å². The van der Waals surface area contributed by atoms with Gasteiger partial charge in [-0.1, -0.05) is 23.9 Å². The molecule has 0 aliphatic rings. The van der Waals surface area contributed by atoms with Gasteiger partial charge in [0.25, 0.3) is 0 Å². The molecule has 9 heteroatoms. The van der Waals surface area contributed by atoms with Crippen molar-refractivity contribution < 1.29 is 17.6 Å². The van der Waals surface area contributed by atoms with Crippen LogP contribution in [-0.4, -0.2) is 41.8 Å². The molecule has 0 aliphatic carbocycles. The molecule has 0 saturated carbocycles. The van der Waals surface area contributed by atoms with Gasteiger partial charge >= 0.3 is 0 Å². The van der Waals surface area contributed by atoms with Crippen molar-refractivity contribution in [2.75, 3.05) is 18.6 Å². The summed E-state index contributed by atoms with van der Waals surface area (Å²) < 4.78 is 37.5. The van der Waals surface area contributed by atoms with E-state index in [0.717, 1.165) is 11.3 Å². The maximum absolute atomic E-state index is 12.6. The van der Waals surface area contributed by atoms with Gasteiger partial charge in [0.2, 0.25) is 0 Å². The molecule has 0 aliphatic heterocycles. The number of sulfone groups is 1. The minimum absolute atomic E-state index is 0.0220. The molecule has 148 valence electrons. The second kappa shape index (κ2) is 8.66. The number of aryl methyl sites for hydroxylation is 1. The minimum atomic E-state index is -3.42. The molecule has 0 unspecified atom stereocenters. The fraction of sp³-hybridized carbons (Fsp3) is 0.263. The van der Waals surface area contributed by atoms with E-state index in [2.05, 4.69) is 16.8 Å². The van der Waals surface area contributed by atoms with E-state index < -0.39 is 9.84 Å². The molecule has 2 heterocycles. The maximum Gasteiger partial charge on any atom is 0.191 e. The van der Waals surface area contributed by atoms with Crippen LogP contribution in [0.15, 0.2) is 63.7 Å². The third-order valence-corrected chi connectivity index (χ3v) is 7.05. The monoisotopic (exact) mass is 419 g/mol. The summed E-state index contributed by atoms with van der Waals surface area (Å²) in [7, 11) is -1.92. The van der Waals surface area contributed by atoms with Crippen LogP contribution in [0.2, 0.25) is 0 Å². The summed E-state index contributed by atoms with van der Waals surface area (Å²) in [6.07, 6.45) is 3.35. The van der Waals surface area contributed by atoms with Crippen LogP contribution in [0.4, 0.5) is 0 Å². The predicted molar refractivity (Wildman–Crippen MR) is 108 cm³/mol. The lowest BCUT2D eigenvalue weighted by Crippen LogP contribution is -2.10. The number of hydrogen-bond acceptors (Lipinski definition) is 7. The van der Waals surface area contributed by atoms with E-state index in [1.165, 1.54) is 24.9 Å². The first-order valence-corrected chi connectivity index (χ1v) is 11.2. The van der Waals surface area contributed by atoms with E-state index in [1.54, 1.807) is 30.5 Å². The lowest BCUT2D eigenvalue weighted by atomic mass is 10.2. The second-order valence-corrected chi connectivity index (χ2v) is 9.11. The molecule has 3 rings (SSSR count). The lowest BCUT2D eigenvalue weighted by Gasteiger charge is -2.08. The Hall–Kier alpha value is -2.52. The third-order valence-electron chi connectivity index (χ3n) is 4.11. The van der Waals surface area contributed by atoms with E-state index >= 15 is 0 Å². The van der Waals surface area contributed by atoms with Gasteiger partial charge in [0.15, 0.2) is 20.8 Å². The number of nitrogens with zero attached hydrogens (tertiary/aromatic N) is 3. The molecule has 0 fully saturated rings. The van der Waals surface area contributed by atoms with E-state index in [1.807, 2.05) is 17.6 Å². The van der Waals surface area contributed by atoms with Gasteiger partial charge in [-0.2, -0.15) is 0 Å². The summed E-state index contributed by atoms with van der Waals surface area (Å²) in [6.45, 7) is 6.15. The second-order valence-electron chi connectivity index (χ2n) is 5.94. The Balaban J connectivity index is 1.75. The molecule has 0 atom stereocenters.